The molecule has 7 heteroatoms. The zero-order valence-electron chi connectivity index (χ0n) is 11.6. The summed E-state index contributed by atoms with van der Waals surface area (Å²) in [7, 11) is -3.67. The second-order valence-electron chi connectivity index (χ2n) is 6.01. The maximum atomic E-state index is 12.7. The molecule has 0 aromatic heterocycles. The van der Waals surface area contributed by atoms with Crippen LogP contribution in [0.3, 0.4) is 0 Å². The summed E-state index contributed by atoms with van der Waals surface area (Å²) >= 11 is 0. The average Bonchev–Trinajstić information content (AvgIpc) is 3.16. The summed E-state index contributed by atoms with van der Waals surface area (Å²) in [6, 6.07) is 3.57. The molecule has 1 aliphatic carbocycles. The molecule has 0 saturated heterocycles. The summed E-state index contributed by atoms with van der Waals surface area (Å²) in [5, 5.41) is 18.9. The van der Waals surface area contributed by atoms with Gasteiger partial charge in [0.2, 0.25) is 10.0 Å². The molecule has 21 heavy (non-hydrogen) atoms. The number of hydrogen-bond acceptors (Lipinski definition) is 4. The molecule has 3 rings (SSSR count). The van der Waals surface area contributed by atoms with Crippen molar-refractivity contribution >= 4 is 16.0 Å². The van der Waals surface area contributed by atoms with Gasteiger partial charge < -0.3 is 10.2 Å². The lowest BCUT2D eigenvalue weighted by atomic mass is 9.95. The fraction of sp³-hybridized carbons (Fsp3) is 0.500. The van der Waals surface area contributed by atoms with Gasteiger partial charge in [-0.15, -0.1) is 0 Å². The highest BCUT2D eigenvalue weighted by molar-refractivity contribution is 7.90. The molecule has 1 aliphatic heterocycles. The molecule has 0 unspecified atom stereocenters. The number of sulfonamides is 1. The molecule has 0 bridgehead atoms. The topological polar surface area (TPSA) is 94.9 Å². The number of rotatable bonds is 3. The van der Waals surface area contributed by atoms with Crippen molar-refractivity contribution in [1.29, 1.82) is 0 Å². The SMILES string of the molecule is CC1(S(=O)(=O)N2Cc3cc(O)ccc3C[C@H]2C(=O)O)CC1. The lowest BCUT2D eigenvalue weighted by Gasteiger charge is -2.35. The highest BCUT2D eigenvalue weighted by Gasteiger charge is 2.55. The summed E-state index contributed by atoms with van der Waals surface area (Å²) in [6.07, 6.45) is 1.25. The Kier molecular flexibility index (Phi) is 3.04. The first-order valence-corrected chi connectivity index (χ1v) is 8.24. The first-order valence-electron chi connectivity index (χ1n) is 6.79. The fourth-order valence-corrected chi connectivity index (χ4v) is 4.72. The largest absolute Gasteiger partial charge is 0.508 e. The van der Waals surface area contributed by atoms with Gasteiger partial charge in [0.15, 0.2) is 0 Å². The molecule has 1 fully saturated rings. The zero-order chi connectivity index (χ0) is 15.4. The van der Waals surface area contributed by atoms with E-state index in [4.69, 9.17) is 0 Å². The Hall–Kier alpha value is -1.60. The van der Waals surface area contributed by atoms with Crippen LogP contribution >= 0.6 is 0 Å². The first-order chi connectivity index (χ1) is 9.74. The van der Waals surface area contributed by atoms with E-state index in [0.717, 1.165) is 9.87 Å². The molecule has 1 aromatic carbocycles. The number of carboxylic acids is 1. The third-order valence-corrected chi connectivity index (χ3v) is 7.10. The molecular formula is C14H17NO5S. The standard InChI is InChI=1S/C14H17NO5S/c1-14(4-5-14)21(19,20)15-8-10-6-11(16)3-2-9(10)7-12(15)13(17)18/h2-3,6,12,16H,4-5,7-8H2,1H3,(H,17,18)/t12-/m0/s1. The Labute approximate surface area is 123 Å². The van der Waals surface area contributed by atoms with E-state index in [9.17, 15) is 23.4 Å². The predicted octanol–water partition coefficient (Wildman–Crippen LogP) is 1.09. The maximum absolute atomic E-state index is 12.7. The number of fused-ring (bicyclic) bond motifs is 1. The molecule has 0 spiro atoms. The highest BCUT2D eigenvalue weighted by Crippen LogP contribution is 2.46. The third-order valence-electron chi connectivity index (χ3n) is 4.45. The number of phenols is 1. The van der Waals surface area contributed by atoms with E-state index in [0.29, 0.717) is 18.4 Å². The minimum Gasteiger partial charge on any atom is -0.508 e. The smallest absolute Gasteiger partial charge is 0.322 e. The minimum atomic E-state index is -3.67. The van der Waals surface area contributed by atoms with Crippen molar-refractivity contribution in [3.05, 3.63) is 29.3 Å². The molecular weight excluding hydrogens is 294 g/mol. The van der Waals surface area contributed by atoms with Crippen molar-refractivity contribution in [1.82, 2.24) is 4.31 Å². The number of phenolic OH excluding ortho intramolecular Hbond substituents is 1. The van der Waals surface area contributed by atoms with E-state index in [1.54, 1.807) is 13.0 Å². The second kappa shape index (κ2) is 4.45. The van der Waals surface area contributed by atoms with Crippen molar-refractivity contribution in [2.75, 3.05) is 0 Å². The molecule has 2 aliphatic rings. The summed E-state index contributed by atoms with van der Waals surface area (Å²) < 4.78 is 25.6. The van der Waals surface area contributed by atoms with Crippen LogP contribution in [0.25, 0.3) is 0 Å². The van der Waals surface area contributed by atoms with Gasteiger partial charge in [-0.05, 0) is 43.0 Å². The van der Waals surface area contributed by atoms with E-state index < -0.39 is 26.8 Å². The Morgan fingerprint density at radius 1 is 1.33 bits per heavy atom. The Balaban J connectivity index is 2.04. The number of benzene rings is 1. The quantitative estimate of drug-likeness (QED) is 0.871. The number of carboxylic acid groups (broad SMARTS) is 1. The molecule has 0 radical (unpaired) electrons. The summed E-state index contributed by atoms with van der Waals surface area (Å²) in [4.78, 5) is 11.5. The van der Waals surface area contributed by atoms with Gasteiger partial charge in [0.25, 0.3) is 0 Å². The van der Waals surface area contributed by atoms with E-state index in [-0.39, 0.29) is 18.7 Å². The normalized spacial score (nSPS) is 24.3. The van der Waals surface area contributed by atoms with Crippen LogP contribution in [0.15, 0.2) is 18.2 Å². The molecule has 1 atom stereocenters. The molecule has 1 saturated carbocycles. The lowest BCUT2D eigenvalue weighted by molar-refractivity contribution is -0.141. The maximum Gasteiger partial charge on any atom is 0.322 e. The minimum absolute atomic E-state index is 0.00137. The van der Waals surface area contributed by atoms with E-state index in [1.165, 1.54) is 12.1 Å². The van der Waals surface area contributed by atoms with Crippen LogP contribution in [0.4, 0.5) is 0 Å². The summed E-state index contributed by atoms with van der Waals surface area (Å²) in [6.45, 7) is 1.65. The average molecular weight is 311 g/mol. The number of carbonyl (C=O) groups is 1. The number of hydrogen-bond donors (Lipinski definition) is 2. The van der Waals surface area contributed by atoms with Gasteiger partial charge >= 0.3 is 5.97 Å². The van der Waals surface area contributed by atoms with Crippen LogP contribution in [0.5, 0.6) is 5.75 Å². The number of aromatic hydroxyl groups is 1. The van der Waals surface area contributed by atoms with Crippen LogP contribution in [-0.2, 0) is 27.8 Å². The molecule has 1 aromatic rings. The highest BCUT2D eigenvalue weighted by atomic mass is 32.2. The van der Waals surface area contributed by atoms with E-state index in [2.05, 4.69) is 0 Å². The molecule has 0 amide bonds. The predicted molar refractivity (Wildman–Crippen MR) is 75.3 cm³/mol. The zero-order valence-corrected chi connectivity index (χ0v) is 12.4. The van der Waals surface area contributed by atoms with Crippen molar-refractivity contribution in [2.24, 2.45) is 0 Å². The summed E-state index contributed by atoms with van der Waals surface area (Å²) in [5.74, 6) is -1.08. The van der Waals surface area contributed by atoms with Crippen LogP contribution in [0, 0.1) is 0 Å². The first kappa shape index (κ1) is 14.3. The van der Waals surface area contributed by atoms with Crippen LogP contribution in [-0.4, -0.2) is 39.7 Å². The van der Waals surface area contributed by atoms with E-state index >= 15 is 0 Å². The Morgan fingerprint density at radius 2 is 2.00 bits per heavy atom. The molecule has 6 nitrogen and oxygen atoms in total. The van der Waals surface area contributed by atoms with Crippen molar-refractivity contribution in [3.63, 3.8) is 0 Å². The van der Waals surface area contributed by atoms with Gasteiger partial charge in [0.05, 0.1) is 4.75 Å². The molecule has 1 heterocycles. The van der Waals surface area contributed by atoms with Gasteiger partial charge in [0, 0.05) is 13.0 Å². The van der Waals surface area contributed by atoms with Gasteiger partial charge in [-0.3, -0.25) is 4.79 Å². The van der Waals surface area contributed by atoms with Crippen molar-refractivity contribution in [2.45, 2.75) is 43.5 Å². The van der Waals surface area contributed by atoms with Crippen LogP contribution < -0.4 is 0 Å². The number of nitrogens with zero attached hydrogens (tertiary/aromatic N) is 1. The fourth-order valence-electron chi connectivity index (χ4n) is 2.73. The van der Waals surface area contributed by atoms with Crippen LogP contribution in [0.1, 0.15) is 30.9 Å². The third kappa shape index (κ3) is 2.20. The van der Waals surface area contributed by atoms with Crippen molar-refractivity contribution < 1.29 is 23.4 Å². The van der Waals surface area contributed by atoms with Gasteiger partial charge in [-0.25, -0.2) is 8.42 Å². The molecule has 2 N–H and O–H groups in total. The van der Waals surface area contributed by atoms with Crippen LogP contribution in [0.2, 0.25) is 0 Å². The van der Waals surface area contributed by atoms with E-state index in [1.807, 2.05) is 0 Å². The van der Waals surface area contributed by atoms with Gasteiger partial charge in [-0.2, -0.15) is 4.31 Å². The lowest BCUT2D eigenvalue weighted by Crippen LogP contribution is -2.51. The monoisotopic (exact) mass is 311 g/mol. The summed E-state index contributed by atoms with van der Waals surface area (Å²) in [5.41, 5.74) is 1.44. The Morgan fingerprint density at radius 3 is 2.57 bits per heavy atom. The van der Waals surface area contributed by atoms with Gasteiger partial charge in [0.1, 0.15) is 11.8 Å². The number of aliphatic carboxylic acids is 1. The van der Waals surface area contributed by atoms with Gasteiger partial charge in [-0.1, -0.05) is 6.07 Å². The molecule has 114 valence electrons. The second-order valence-corrected chi connectivity index (χ2v) is 8.42. The Bertz CT molecular complexity index is 708. The van der Waals surface area contributed by atoms with Crippen molar-refractivity contribution in [3.8, 4) is 5.75 Å².